The predicted molar refractivity (Wildman–Crippen MR) is 126 cm³/mol. The molecule has 11 nitrogen and oxygen atoms in total. The van der Waals surface area contributed by atoms with Crippen molar-refractivity contribution in [3.63, 3.8) is 0 Å². The Labute approximate surface area is 192 Å². The number of nitrogens with one attached hydrogen (secondary N) is 1. The van der Waals surface area contributed by atoms with Crippen LogP contribution in [0.3, 0.4) is 0 Å². The minimum atomic E-state index is -4.08. The molecular formula is C21H30N6O5S. The molecule has 1 amide bonds. The predicted octanol–water partition coefficient (Wildman–Crippen LogP) is 0.875. The van der Waals surface area contributed by atoms with Crippen molar-refractivity contribution in [1.29, 1.82) is 0 Å². The van der Waals surface area contributed by atoms with E-state index >= 15 is 0 Å². The summed E-state index contributed by atoms with van der Waals surface area (Å²) in [7, 11) is -4.08. The maximum Gasteiger partial charge on any atom is 0.275 e. The Morgan fingerprint density at radius 3 is 2.15 bits per heavy atom. The molecule has 0 fully saturated rings. The van der Waals surface area contributed by atoms with E-state index in [0.717, 1.165) is 10.1 Å². The van der Waals surface area contributed by atoms with Crippen molar-refractivity contribution in [2.75, 3.05) is 4.72 Å². The average molecular weight is 479 g/mol. The lowest BCUT2D eigenvalue weighted by atomic mass is 9.87. The van der Waals surface area contributed by atoms with Crippen molar-refractivity contribution in [3.05, 3.63) is 58.0 Å². The molecule has 180 valence electrons. The number of hydrogen-bond acceptors (Lipinski definition) is 6. The number of nitrogens with zero attached hydrogens (tertiary/aromatic N) is 2. The summed E-state index contributed by atoms with van der Waals surface area (Å²) in [4.78, 5) is 30.4. The topological polar surface area (TPSA) is 185 Å². The van der Waals surface area contributed by atoms with Gasteiger partial charge in [-0.05, 0) is 54.2 Å². The van der Waals surface area contributed by atoms with Gasteiger partial charge in [-0.15, -0.1) is 0 Å². The maximum absolute atomic E-state index is 13.2. The zero-order valence-electron chi connectivity index (χ0n) is 19.2. The van der Waals surface area contributed by atoms with Crippen molar-refractivity contribution in [2.45, 2.75) is 57.1 Å². The summed E-state index contributed by atoms with van der Waals surface area (Å²) in [5.41, 5.74) is 16.1. The summed E-state index contributed by atoms with van der Waals surface area (Å²) in [5, 5.41) is 3.40. The van der Waals surface area contributed by atoms with Gasteiger partial charge in [0.2, 0.25) is 11.9 Å². The Hall–Kier alpha value is -3.54. The van der Waals surface area contributed by atoms with E-state index in [1.807, 2.05) is 20.8 Å². The van der Waals surface area contributed by atoms with E-state index in [9.17, 15) is 18.0 Å². The molecule has 2 atom stereocenters. The van der Waals surface area contributed by atoms with Crippen molar-refractivity contribution < 1.29 is 18.0 Å². The number of anilines is 1. The molecule has 0 aliphatic carbocycles. The van der Waals surface area contributed by atoms with Crippen LogP contribution in [0.25, 0.3) is 0 Å². The molecule has 2 rings (SSSR count). The molecule has 0 radical (unpaired) electrons. The lowest BCUT2D eigenvalue weighted by Crippen LogP contribution is -2.42. The van der Waals surface area contributed by atoms with Gasteiger partial charge < -0.3 is 22.0 Å². The lowest BCUT2D eigenvalue weighted by Gasteiger charge is -2.24. The van der Waals surface area contributed by atoms with Gasteiger partial charge in [-0.1, -0.05) is 32.9 Å². The summed E-state index contributed by atoms with van der Waals surface area (Å²) >= 11 is 0. The van der Waals surface area contributed by atoms with Crippen LogP contribution in [0.15, 0.2) is 51.2 Å². The SMILES string of the molecule is Cc1ccc(NS(=O)(=O)c2ccc(C(C)(C)C)cc2)c(=O)n1C(C(N)=O)C(C)ON=C(N)N. The molecular weight excluding hydrogens is 448 g/mol. The van der Waals surface area contributed by atoms with Gasteiger partial charge in [-0.3, -0.25) is 18.9 Å². The molecule has 1 aromatic heterocycles. The molecule has 2 aromatic rings. The van der Waals surface area contributed by atoms with E-state index in [1.54, 1.807) is 19.1 Å². The standard InChI is InChI=1S/C21H30N6O5S/c1-12-6-11-16(19(29)27(12)17(18(22)28)13(2)32-25-20(23)24)26-33(30,31)15-9-7-14(8-10-15)21(3,4)5/h6-11,13,17,26H,1-5H3,(H2,22,28)(H4,23,24,25). The second kappa shape index (κ2) is 9.53. The number of rotatable bonds is 8. The smallest absolute Gasteiger partial charge is 0.275 e. The van der Waals surface area contributed by atoms with E-state index in [0.29, 0.717) is 5.69 Å². The van der Waals surface area contributed by atoms with E-state index in [2.05, 4.69) is 9.88 Å². The van der Waals surface area contributed by atoms with Crippen molar-refractivity contribution in [1.82, 2.24) is 4.57 Å². The molecule has 1 heterocycles. The fourth-order valence-electron chi connectivity index (χ4n) is 3.18. The molecule has 7 N–H and O–H groups in total. The maximum atomic E-state index is 13.2. The molecule has 0 aliphatic rings. The first-order valence-electron chi connectivity index (χ1n) is 10.0. The van der Waals surface area contributed by atoms with Crippen molar-refractivity contribution >= 4 is 27.6 Å². The molecule has 1 aromatic carbocycles. The van der Waals surface area contributed by atoms with Gasteiger partial charge in [0.1, 0.15) is 5.69 Å². The molecule has 0 saturated heterocycles. The van der Waals surface area contributed by atoms with Crippen LogP contribution in [-0.2, 0) is 25.1 Å². The number of benzene rings is 1. The number of nitrogens with two attached hydrogens (primary N) is 3. The van der Waals surface area contributed by atoms with Crippen LogP contribution >= 0.6 is 0 Å². The van der Waals surface area contributed by atoms with E-state index in [-0.39, 0.29) is 22.0 Å². The molecule has 0 saturated carbocycles. The van der Waals surface area contributed by atoms with Gasteiger partial charge in [0, 0.05) is 5.69 Å². The number of oxime groups is 1. The zero-order chi connectivity index (χ0) is 25.1. The van der Waals surface area contributed by atoms with Crippen molar-refractivity contribution in [3.8, 4) is 0 Å². The van der Waals surface area contributed by atoms with Crippen LogP contribution in [0.2, 0.25) is 0 Å². The Balaban J connectivity index is 2.47. The normalized spacial score (nSPS) is 13.6. The van der Waals surface area contributed by atoms with Gasteiger partial charge >= 0.3 is 0 Å². The zero-order valence-corrected chi connectivity index (χ0v) is 20.0. The number of amides is 1. The highest BCUT2D eigenvalue weighted by atomic mass is 32.2. The highest BCUT2D eigenvalue weighted by Gasteiger charge is 2.30. The van der Waals surface area contributed by atoms with Gasteiger partial charge in [0.25, 0.3) is 15.6 Å². The van der Waals surface area contributed by atoms with Crippen LogP contribution in [0, 0.1) is 6.92 Å². The molecule has 0 aliphatic heterocycles. The Morgan fingerprint density at radius 2 is 1.67 bits per heavy atom. The fourth-order valence-corrected chi connectivity index (χ4v) is 4.23. The lowest BCUT2D eigenvalue weighted by molar-refractivity contribution is -0.125. The number of carbonyl (C=O) groups is 1. The molecule has 0 spiro atoms. The second-order valence-corrected chi connectivity index (χ2v) is 10.3. The number of sulfonamides is 1. The van der Waals surface area contributed by atoms with Crippen LogP contribution in [0.5, 0.6) is 0 Å². The van der Waals surface area contributed by atoms with Crippen LogP contribution in [-0.4, -0.2) is 31.0 Å². The molecule has 0 bridgehead atoms. The Bertz CT molecular complexity index is 1210. The van der Waals surface area contributed by atoms with Gasteiger partial charge in [0.05, 0.1) is 4.90 Å². The summed E-state index contributed by atoms with van der Waals surface area (Å²) in [6, 6.07) is 7.85. The highest BCUT2D eigenvalue weighted by molar-refractivity contribution is 7.92. The first-order chi connectivity index (χ1) is 15.1. The first kappa shape index (κ1) is 25.7. The first-order valence-corrected chi connectivity index (χ1v) is 11.5. The number of carbonyl (C=O) groups excluding carboxylic acids is 1. The Kier molecular flexibility index (Phi) is 7.43. The van der Waals surface area contributed by atoms with Crippen LogP contribution in [0.4, 0.5) is 5.69 Å². The summed E-state index contributed by atoms with van der Waals surface area (Å²) in [6.07, 6.45) is -1.03. The molecule has 12 heteroatoms. The number of guanidine groups is 1. The van der Waals surface area contributed by atoms with E-state index < -0.39 is 33.6 Å². The second-order valence-electron chi connectivity index (χ2n) is 8.62. The number of primary amides is 1. The average Bonchev–Trinajstić information content (AvgIpc) is 2.70. The third kappa shape index (κ3) is 6.04. The number of aryl methyl sites for hydroxylation is 1. The molecule has 33 heavy (non-hydrogen) atoms. The minimum absolute atomic E-state index is 0.0158. The quantitative estimate of drug-likeness (QED) is 0.246. The van der Waals surface area contributed by atoms with Crippen LogP contribution < -0.4 is 27.5 Å². The largest absolute Gasteiger partial charge is 0.387 e. The van der Waals surface area contributed by atoms with Crippen LogP contribution in [0.1, 0.15) is 45.0 Å². The Morgan fingerprint density at radius 1 is 1.09 bits per heavy atom. The van der Waals surface area contributed by atoms with E-state index in [4.69, 9.17) is 22.0 Å². The molecule has 2 unspecified atom stereocenters. The van der Waals surface area contributed by atoms with Gasteiger partial charge in [-0.25, -0.2) is 8.42 Å². The van der Waals surface area contributed by atoms with Gasteiger partial charge in [-0.2, -0.15) is 0 Å². The fraction of sp³-hybridized carbons (Fsp3) is 0.381. The summed E-state index contributed by atoms with van der Waals surface area (Å²) in [6.45, 7) is 9.04. The van der Waals surface area contributed by atoms with Crippen molar-refractivity contribution in [2.24, 2.45) is 22.4 Å². The van der Waals surface area contributed by atoms with E-state index in [1.165, 1.54) is 31.2 Å². The summed E-state index contributed by atoms with van der Waals surface area (Å²) < 4.78 is 29.1. The third-order valence-corrected chi connectivity index (χ3v) is 6.32. The number of pyridine rings is 1. The number of hydrogen-bond donors (Lipinski definition) is 4. The summed E-state index contributed by atoms with van der Waals surface area (Å²) in [5.74, 6) is -1.27. The minimum Gasteiger partial charge on any atom is -0.387 e. The monoisotopic (exact) mass is 478 g/mol. The van der Waals surface area contributed by atoms with Gasteiger partial charge in [0.15, 0.2) is 12.1 Å². The number of aromatic nitrogens is 1. The third-order valence-electron chi connectivity index (χ3n) is 4.93. The highest BCUT2D eigenvalue weighted by Crippen LogP contribution is 2.24.